The maximum Gasteiger partial charge on any atom is 0.222 e. The highest BCUT2D eigenvalue weighted by Gasteiger charge is 1.99. The molecule has 0 N–H and O–H groups in total. The Bertz CT molecular complexity index is 325. The summed E-state index contributed by atoms with van der Waals surface area (Å²) in [6.07, 6.45) is 6.31. The third-order valence-corrected chi connectivity index (χ3v) is 2.64. The molecule has 1 aromatic rings. The van der Waals surface area contributed by atoms with E-state index in [9.17, 15) is 4.79 Å². The first-order chi connectivity index (χ1) is 6.74. The Morgan fingerprint density at radius 3 is 2.50 bits per heavy atom. The van der Waals surface area contributed by atoms with Crippen LogP contribution in [0, 0.1) is 0 Å². The van der Waals surface area contributed by atoms with Crippen LogP contribution in [0.5, 0.6) is 0 Å². The topological polar surface area (TPSA) is 17.1 Å². The van der Waals surface area contributed by atoms with Crippen molar-refractivity contribution in [3.63, 3.8) is 0 Å². The Labute approximate surface area is 98.4 Å². The largest absolute Gasteiger partial charge is 0.282 e. The zero-order valence-electron chi connectivity index (χ0n) is 8.16. The summed E-state index contributed by atoms with van der Waals surface area (Å²) in [5.74, 6) is 0. The summed E-state index contributed by atoms with van der Waals surface area (Å²) in [5.41, 5.74) is 2.06. The van der Waals surface area contributed by atoms with Crippen LogP contribution in [0.4, 0.5) is 0 Å². The molecule has 0 radical (unpaired) electrons. The number of hydrogen-bond donors (Lipinski definition) is 0. The SMILES string of the molecule is C/C=C/CCc1ccc(C(=O)I)cc1. The fourth-order valence-electron chi connectivity index (χ4n) is 1.22. The molecule has 0 aliphatic rings. The van der Waals surface area contributed by atoms with Gasteiger partial charge in [-0.25, -0.2) is 0 Å². The van der Waals surface area contributed by atoms with E-state index < -0.39 is 0 Å². The van der Waals surface area contributed by atoms with E-state index in [1.54, 1.807) is 22.6 Å². The quantitative estimate of drug-likeness (QED) is 0.470. The van der Waals surface area contributed by atoms with Gasteiger partial charge in [0.15, 0.2) is 0 Å². The van der Waals surface area contributed by atoms with Crippen molar-refractivity contribution >= 4 is 26.4 Å². The summed E-state index contributed by atoms with van der Waals surface area (Å²) in [5, 5.41) is 0. The van der Waals surface area contributed by atoms with E-state index in [4.69, 9.17) is 0 Å². The van der Waals surface area contributed by atoms with E-state index >= 15 is 0 Å². The molecule has 2 heteroatoms. The smallest absolute Gasteiger partial charge is 0.222 e. The summed E-state index contributed by atoms with van der Waals surface area (Å²) in [6.45, 7) is 2.03. The van der Waals surface area contributed by atoms with Crippen LogP contribution in [0.25, 0.3) is 0 Å². The van der Waals surface area contributed by atoms with Crippen molar-refractivity contribution in [2.75, 3.05) is 0 Å². The Hall–Kier alpha value is -0.640. The molecule has 0 atom stereocenters. The van der Waals surface area contributed by atoms with Gasteiger partial charge in [0.25, 0.3) is 0 Å². The van der Waals surface area contributed by atoms with E-state index in [1.165, 1.54) is 5.56 Å². The molecular formula is C12H13IO. The van der Waals surface area contributed by atoms with Crippen molar-refractivity contribution in [3.8, 4) is 0 Å². The Morgan fingerprint density at radius 1 is 1.36 bits per heavy atom. The predicted octanol–water partition coefficient (Wildman–Crippen LogP) is 3.77. The summed E-state index contributed by atoms with van der Waals surface area (Å²) >= 11 is 1.80. The van der Waals surface area contributed by atoms with E-state index in [0.29, 0.717) is 0 Å². The van der Waals surface area contributed by atoms with Crippen LogP contribution in [0.1, 0.15) is 29.3 Å². The number of hydrogen-bond acceptors (Lipinski definition) is 1. The van der Waals surface area contributed by atoms with Gasteiger partial charge in [-0.05, 0) is 25.3 Å². The normalized spacial score (nSPS) is 10.7. The minimum atomic E-state index is 0.0996. The number of allylic oxidation sites excluding steroid dienone is 2. The highest BCUT2D eigenvalue weighted by Crippen LogP contribution is 2.10. The van der Waals surface area contributed by atoms with Crippen molar-refractivity contribution < 1.29 is 4.79 Å². The molecule has 0 saturated heterocycles. The van der Waals surface area contributed by atoms with E-state index in [2.05, 4.69) is 12.2 Å². The van der Waals surface area contributed by atoms with Crippen molar-refractivity contribution in [1.29, 1.82) is 0 Å². The van der Waals surface area contributed by atoms with Gasteiger partial charge in [0.1, 0.15) is 0 Å². The van der Waals surface area contributed by atoms with Crippen LogP contribution in [0.15, 0.2) is 36.4 Å². The molecule has 0 aliphatic heterocycles. The third-order valence-electron chi connectivity index (χ3n) is 2.02. The van der Waals surface area contributed by atoms with Crippen molar-refractivity contribution in [3.05, 3.63) is 47.5 Å². The van der Waals surface area contributed by atoms with Gasteiger partial charge in [-0.3, -0.25) is 4.79 Å². The van der Waals surface area contributed by atoms with Gasteiger partial charge >= 0.3 is 0 Å². The second-order valence-electron chi connectivity index (χ2n) is 3.08. The zero-order valence-corrected chi connectivity index (χ0v) is 10.3. The van der Waals surface area contributed by atoms with E-state index in [-0.39, 0.29) is 3.79 Å². The molecule has 0 amide bonds. The number of benzene rings is 1. The lowest BCUT2D eigenvalue weighted by Gasteiger charge is -1.99. The van der Waals surface area contributed by atoms with Gasteiger partial charge < -0.3 is 0 Å². The molecule has 1 aromatic carbocycles. The molecule has 0 aliphatic carbocycles. The number of aryl methyl sites for hydroxylation is 1. The van der Waals surface area contributed by atoms with Crippen LogP contribution >= 0.6 is 22.6 Å². The van der Waals surface area contributed by atoms with Crippen molar-refractivity contribution in [2.45, 2.75) is 19.8 Å². The highest BCUT2D eigenvalue weighted by molar-refractivity contribution is 14.1. The molecule has 1 nitrogen and oxygen atoms in total. The first-order valence-corrected chi connectivity index (χ1v) is 5.72. The lowest BCUT2D eigenvalue weighted by Crippen LogP contribution is -1.89. The molecule has 14 heavy (non-hydrogen) atoms. The highest BCUT2D eigenvalue weighted by atomic mass is 127. The van der Waals surface area contributed by atoms with Gasteiger partial charge in [-0.15, -0.1) is 0 Å². The maximum absolute atomic E-state index is 11.0. The summed E-state index contributed by atoms with van der Waals surface area (Å²) < 4.78 is 0.0996. The van der Waals surface area contributed by atoms with Gasteiger partial charge in [0, 0.05) is 28.2 Å². The van der Waals surface area contributed by atoms with Crippen LogP contribution in [-0.2, 0) is 6.42 Å². The number of carbonyl (C=O) groups is 1. The molecule has 0 bridgehead atoms. The van der Waals surface area contributed by atoms with Gasteiger partial charge in [-0.1, -0.05) is 36.4 Å². The lowest BCUT2D eigenvalue weighted by atomic mass is 10.1. The second kappa shape index (κ2) is 5.96. The third kappa shape index (κ3) is 3.62. The fraction of sp³-hybridized carbons (Fsp3) is 0.250. The van der Waals surface area contributed by atoms with Gasteiger partial charge in [0.05, 0.1) is 0 Å². The van der Waals surface area contributed by atoms with E-state index in [0.717, 1.165) is 18.4 Å². The number of halogens is 1. The average Bonchev–Trinajstić information content (AvgIpc) is 2.19. The Kier molecular flexibility index (Phi) is 4.87. The number of rotatable bonds is 4. The van der Waals surface area contributed by atoms with Gasteiger partial charge in [-0.2, -0.15) is 0 Å². The molecule has 0 fully saturated rings. The van der Waals surface area contributed by atoms with Crippen LogP contribution < -0.4 is 0 Å². The minimum Gasteiger partial charge on any atom is -0.282 e. The monoisotopic (exact) mass is 300 g/mol. The average molecular weight is 300 g/mol. The van der Waals surface area contributed by atoms with Crippen LogP contribution in [0.3, 0.4) is 0 Å². The molecule has 0 heterocycles. The van der Waals surface area contributed by atoms with Gasteiger partial charge in [0.2, 0.25) is 3.79 Å². The number of carbonyl (C=O) groups excluding carboxylic acids is 1. The molecule has 1 rings (SSSR count). The summed E-state index contributed by atoms with van der Waals surface area (Å²) in [7, 11) is 0. The summed E-state index contributed by atoms with van der Waals surface area (Å²) in [6, 6.07) is 7.82. The minimum absolute atomic E-state index is 0.0996. The first-order valence-electron chi connectivity index (χ1n) is 4.64. The molecule has 0 spiro atoms. The Morgan fingerprint density at radius 2 is 2.00 bits per heavy atom. The zero-order chi connectivity index (χ0) is 10.4. The fourth-order valence-corrected chi connectivity index (χ4v) is 1.58. The molecular weight excluding hydrogens is 287 g/mol. The van der Waals surface area contributed by atoms with Crippen LogP contribution in [0.2, 0.25) is 0 Å². The van der Waals surface area contributed by atoms with Crippen LogP contribution in [-0.4, -0.2) is 3.79 Å². The molecule has 74 valence electrons. The van der Waals surface area contributed by atoms with Crippen molar-refractivity contribution in [1.82, 2.24) is 0 Å². The van der Waals surface area contributed by atoms with Crippen molar-refractivity contribution in [2.24, 2.45) is 0 Å². The maximum atomic E-state index is 11.0. The second-order valence-corrected chi connectivity index (χ2v) is 4.06. The Balaban J connectivity index is 2.59. The lowest BCUT2D eigenvalue weighted by molar-refractivity contribution is 0.110. The predicted molar refractivity (Wildman–Crippen MR) is 67.9 cm³/mol. The molecule has 0 aromatic heterocycles. The summed E-state index contributed by atoms with van der Waals surface area (Å²) in [4.78, 5) is 11.0. The molecule has 0 saturated carbocycles. The standard InChI is InChI=1S/C12H13IO/c1-2-3-4-5-10-6-8-11(9-7-10)12(13)14/h2-3,6-9H,4-5H2,1H3/b3-2+. The van der Waals surface area contributed by atoms with E-state index in [1.807, 2.05) is 31.2 Å². The molecule has 0 unspecified atom stereocenters. The first kappa shape index (κ1) is 11.4.